The predicted octanol–water partition coefficient (Wildman–Crippen LogP) is 5.47. The van der Waals surface area contributed by atoms with E-state index in [0.29, 0.717) is 17.8 Å². The number of rotatable bonds is 7. The Morgan fingerprint density at radius 3 is 2.60 bits per heavy atom. The zero-order valence-electron chi connectivity index (χ0n) is 17.7. The fraction of sp³-hybridized carbons (Fsp3) is 0.360. The average molecular weight is 401 g/mol. The van der Waals surface area contributed by atoms with Crippen LogP contribution in [0.15, 0.2) is 53.2 Å². The number of hydrogen-bond donors (Lipinski definition) is 1. The van der Waals surface area contributed by atoms with Crippen molar-refractivity contribution < 1.29 is 4.52 Å². The van der Waals surface area contributed by atoms with E-state index in [4.69, 9.17) is 9.51 Å². The molecule has 1 aliphatic rings. The van der Waals surface area contributed by atoms with E-state index in [0.717, 1.165) is 37.1 Å². The van der Waals surface area contributed by atoms with Crippen LogP contribution in [0.3, 0.4) is 0 Å². The van der Waals surface area contributed by atoms with Gasteiger partial charge in [-0.25, -0.2) is 0 Å². The largest absolute Gasteiger partial charge is 0.361 e. The van der Waals surface area contributed by atoms with Crippen molar-refractivity contribution in [2.45, 2.75) is 45.6 Å². The highest BCUT2D eigenvalue weighted by Crippen LogP contribution is 2.38. The van der Waals surface area contributed by atoms with E-state index in [1.807, 2.05) is 30.3 Å². The Morgan fingerprint density at radius 2 is 1.83 bits per heavy atom. The molecule has 2 aromatic heterocycles. The Bertz CT molecular complexity index is 1140. The summed E-state index contributed by atoms with van der Waals surface area (Å²) in [6.07, 6.45) is 6.65. The van der Waals surface area contributed by atoms with Gasteiger partial charge >= 0.3 is 0 Å². The van der Waals surface area contributed by atoms with Gasteiger partial charge in [0.15, 0.2) is 0 Å². The predicted molar refractivity (Wildman–Crippen MR) is 120 cm³/mol. The second-order valence-electron chi connectivity index (χ2n) is 8.22. The third-order valence-electron chi connectivity index (χ3n) is 6.16. The second-order valence-corrected chi connectivity index (χ2v) is 8.22. The van der Waals surface area contributed by atoms with Crippen LogP contribution in [-0.4, -0.2) is 39.2 Å². The van der Waals surface area contributed by atoms with Gasteiger partial charge in [-0.3, -0.25) is 4.90 Å². The molecule has 5 rings (SSSR count). The molecule has 0 aliphatic heterocycles. The van der Waals surface area contributed by atoms with E-state index in [1.54, 1.807) is 0 Å². The summed E-state index contributed by atoms with van der Waals surface area (Å²) in [5.41, 5.74) is 5.97. The van der Waals surface area contributed by atoms with E-state index < -0.39 is 0 Å². The van der Waals surface area contributed by atoms with Gasteiger partial charge in [0.05, 0.1) is 0 Å². The summed E-state index contributed by atoms with van der Waals surface area (Å²) in [6, 6.07) is 14.8. The normalized spacial score (nSPS) is 15.9. The zero-order valence-corrected chi connectivity index (χ0v) is 17.7. The molecule has 1 aliphatic carbocycles. The highest BCUT2D eigenvalue weighted by molar-refractivity contribution is 5.92. The van der Waals surface area contributed by atoms with Crippen molar-refractivity contribution in [2.24, 2.45) is 0 Å². The van der Waals surface area contributed by atoms with Gasteiger partial charge in [-0.15, -0.1) is 0 Å². The molecule has 1 atom stereocenters. The van der Waals surface area contributed by atoms with Gasteiger partial charge in [-0.2, -0.15) is 4.98 Å². The first-order valence-corrected chi connectivity index (χ1v) is 11.0. The minimum Gasteiger partial charge on any atom is -0.361 e. The summed E-state index contributed by atoms with van der Waals surface area (Å²) in [4.78, 5) is 10.9. The van der Waals surface area contributed by atoms with Crippen molar-refractivity contribution in [2.75, 3.05) is 13.1 Å². The number of H-pyrrole nitrogens is 1. The minimum absolute atomic E-state index is 0.508. The van der Waals surface area contributed by atoms with Crippen LogP contribution in [0.4, 0.5) is 0 Å². The lowest BCUT2D eigenvalue weighted by Gasteiger charge is -2.34. The fourth-order valence-electron chi connectivity index (χ4n) is 4.85. The maximum atomic E-state index is 5.74. The van der Waals surface area contributed by atoms with Crippen molar-refractivity contribution in [3.63, 3.8) is 0 Å². The summed E-state index contributed by atoms with van der Waals surface area (Å²) in [5.74, 6) is 1.24. The quantitative estimate of drug-likeness (QED) is 0.447. The first kappa shape index (κ1) is 19.1. The van der Waals surface area contributed by atoms with Gasteiger partial charge in [-0.1, -0.05) is 49.3 Å². The van der Waals surface area contributed by atoms with E-state index in [1.165, 1.54) is 34.9 Å². The van der Waals surface area contributed by atoms with Crippen LogP contribution in [0.25, 0.3) is 33.7 Å². The number of benzene rings is 2. The highest BCUT2D eigenvalue weighted by Gasteiger charge is 2.29. The first-order valence-electron chi connectivity index (χ1n) is 11.0. The van der Waals surface area contributed by atoms with Crippen LogP contribution < -0.4 is 0 Å². The van der Waals surface area contributed by atoms with Crippen molar-refractivity contribution in [1.82, 2.24) is 20.0 Å². The minimum atomic E-state index is 0.508. The molecule has 0 fully saturated rings. The van der Waals surface area contributed by atoms with Gasteiger partial charge in [0.2, 0.25) is 5.82 Å². The van der Waals surface area contributed by atoms with Gasteiger partial charge < -0.3 is 9.51 Å². The zero-order chi connectivity index (χ0) is 20.5. The molecule has 2 heterocycles. The molecule has 154 valence electrons. The van der Waals surface area contributed by atoms with Crippen LogP contribution in [0.1, 0.15) is 37.8 Å². The molecule has 2 aromatic carbocycles. The van der Waals surface area contributed by atoms with Crippen LogP contribution in [0.5, 0.6) is 0 Å². The summed E-state index contributed by atoms with van der Waals surface area (Å²) in [7, 11) is 0. The molecule has 4 aromatic rings. The lowest BCUT2D eigenvalue weighted by Crippen LogP contribution is -2.41. The van der Waals surface area contributed by atoms with E-state index in [2.05, 4.69) is 47.2 Å². The van der Waals surface area contributed by atoms with E-state index >= 15 is 0 Å². The molecule has 5 heteroatoms. The van der Waals surface area contributed by atoms with Gasteiger partial charge in [0.25, 0.3) is 5.89 Å². The van der Waals surface area contributed by atoms with Crippen molar-refractivity contribution >= 4 is 10.9 Å². The number of nitrogens with one attached hydrogen (secondary N) is 1. The molecule has 0 amide bonds. The third-order valence-corrected chi connectivity index (χ3v) is 6.16. The standard InChI is InChI=1S/C25H28N4O/c1-3-12-29(13-4-2)19-14-18-16-26-22-11-10-20(21(15-19)23(18)22)25-27-24(28-30-25)17-8-6-5-7-9-17/h5-11,16,19,26H,3-4,12-15H2,1-2H3. The molecule has 0 bridgehead atoms. The van der Waals surface area contributed by atoms with Crippen molar-refractivity contribution in [1.29, 1.82) is 0 Å². The van der Waals surface area contributed by atoms with Crippen molar-refractivity contribution in [3.05, 3.63) is 59.8 Å². The fourth-order valence-corrected chi connectivity index (χ4v) is 4.85. The molecule has 0 spiro atoms. The molecular weight excluding hydrogens is 372 g/mol. The summed E-state index contributed by atoms with van der Waals surface area (Å²) in [6.45, 7) is 6.82. The van der Waals surface area contributed by atoms with Crippen LogP contribution >= 0.6 is 0 Å². The van der Waals surface area contributed by atoms with Crippen LogP contribution in [-0.2, 0) is 12.8 Å². The number of nitrogens with zero attached hydrogens (tertiary/aromatic N) is 3. The number of aromatic amines is 1. The lowest BCUT2D eigenvalue weighted by molar-refractivity contribution is 0.192. The molecular formula is C25H28N4O. The molecule has 0 radical (unpaired) electrons. The Balaban J connectivity index is 1.56. The van der Waals surface area contributed by atoms with Crippen molar-refractivity contribution in [3.8, 4) is 22.8 Å². The van der Waals surface area contributed by atoms with Crippen LogP contribution in [0, 0.1) is 0 Å². The number of aromatic nitrogens is 3. The SMILES string of the molecule is CCCN(CCC)C1Cc2c[nH]c3ccc(-c4nc(-c5ccccc5)no4)c(c23)C1. The molecule has 0 saturated heterocycles. The average Bonchev–Trinajstić information content (AvgIpc) is 3.43. The monoisotopic (exact) mass is 400 g/mol. The van der Waals surface area contributed by atoms with E-state index in [-0.39, 0.29) is 0 Å². The van der Waals surface area contributed by atoms with E-state index in [9.17, 15) is 0 Å². The van der Waals surface area contributed by atoms with Crippen LogP contribution in [0.2, 0.25) is 0 Å². The Hall–Kier alpha value is -2.92. The maximum Gasteiger partial charge on any atom is 0.258 e. The Kier molecular flexibility index (Phi) is 5.13. The highest BCUT2D eigenvalue weighted by atomic mass is 16.5. The van der Waals surface area contributed by atoms with Gasteiger partial charge in [-0.05, 0) is 62.0 Å². The summed E-state index contributed by atoms with van der Waals surface area (Å²) < 4.78 is 5.74. The Labute approximate surface area is 177 Å². The third kappa shape index (κ3) is 3.33. The van der Waals surface area contributed by atoms with Gasteiger partial charge in [0, 0.05) is 34.3 Å². The summed E-state index contributed by atoms with van der Waals surface area (Å²) >= 11 is 0. The number of hydrogen-bond acceptors (Lipinski definition) is 4. The lowest BCUT2D eigenvalue weighted by atomic mass is 9.85. The molecule has 0 saturated carbocycles. The maximum absolute atomic E-state index is 5.74. The smallest absolute Gasteiger partial charge is 0.258 e. The summed E-state index contributed by atoms with van der Waals surface area (Å²) in [5, 5.41) is 5.60. The molecule has 5 nitrogen and oxygen atoms in total. The molecule has 1 N–H and O–H groups in total. The van der Waals surface area contributed by atoms with Gasteiger partial charge in [0.1, 0.15) is 0 Å². The topological polar surface area (TPSA) is 58.0 Å². The molecule has 30 heavy (non-hydrogen) atoms. The second kappa shape index (κ2) is 8.07. The molecule has 1 unspecified atom stereocenters. The Morgan fingerprint density at radius 1 is 1.03 bits per heavy atom. The first-order chi connectivity index (χ1) is 14.8.